The highest BCUT2D eigenvalue weighted by Gasteiger charge is 2.34. The van der Waals surface area contributed by atoms with Crippen molar-refractivity contribution in [2.75, 3.05) is 6.54 Å². The fraction of sp³-hybridized carbons (Fsp3) is 0.308. The fourth-order valence-corrected chi connectivity index (χ4v) is 2.48. The molecule has 0 spiro atoms. The minimum Gasteiger partial charge on any atom is -0.305 e. The summed E-state index contributed by atoms with van der Waals surface area (Å²) in [6.45, 7) is 2.40. The third-order valence-corrected chi connectivity index (χ3v) is 3.39. The van der Waals surface area contributed by atoms with Gasteiger partial charge in [-0.15, -0.1) is 11.3 Å². The lowest BCUT2D eigenvalue weighted by Gasteiger charge is -2.18. The molecule has 0 aliphatic carbocycles. The van der Waals surface area contributed by atoms with Crippen LogP contribution >= 0.6 is 11.3 Å². The number of aromatic nitrogens is 1. The standard InChI is InChI=1S/C13H12F4N2S/c1-2-18-12(11-6-20-7-19-11)8-3-4-10(14)9(5-8)13(15,16)17/h3-7,12,18H,2H2,1H3. The van der Waals surface area contributed by atoms with Crippen LogP contribution in [0.2, 0.25) is 0 Å². The van der Waals surface area contributed by atoms with Gasteiger partial charge in [-0.2, -0.15) is 13.2 Å². The zero-order valence-electron chi connectivity index (χ0n) is 10.5. The molecule has 1 N–H and O–H groups in total. The Morgan fingerprint density at radius 1 is 1.35 bits per heavy atom. The Hall–Kier alpha value is -1.47. The molecule has 2 aromatic rings. The summed E-state index contributed by atoms with van der Waals surface area (Å²) in [5, 5.41) is 4.81. The number of nitrogens with one attached hydrogen (secondary N) is 1. The highest BCUT2D eigenvalue weighted by Crippen LogP contribution is 2.34. The molecule has 0 bridgehead atoms. The van der Waals surface area contributed by atoms with Gasteiger partial charge in [-0.05, 0) is 24.2 Å². The van der Waals surface area contributed by atoms with Crippen LogP contribution in [0.15, 0.2) is 29.1 Å². The molecular weight excluding hydrogens is 292 g/mol. The van der Waals surface area contributed by atoms with E-state index in [0.717, 1.165) is 12.1 Å². The van der Waals surface area contributed by atoms with Crippen LogP contribution in [0.5, 0.6) is 0 Å². The summed E-state index contributed by atoms with van der Waals surface area (Å²) in [5.74, 6) is -1.27. The molecule has 0 saturated carbocycles. The fourth-order valence-electron chi connectivity index (χ4n) is 1.90. The lowest BCUT2D eigenvalue weighted by molar-refractivity contribution is -0.140. The van der Waals surface area contributed by atoms with Crippen molar-refractivity contribution in [3.8, 4) is 0 Å². The second-order valence-electron chi connectivity index (χ2n) is 4.14. The average Bonchev–Trinajstić information content (AvgIpc) is 2.89. The molecule has 0 fully saturated rings. The van der Waals surface area contributed by atoms with E-state index in [9.17, 15) is 17.6 Å². The monoisotopic (exact) mass is 304 g/mol. The van der Waals surface area contributed by atoms with E-state index in [4.69, 9.17) is 0 Å². The molecule has 1 unspecified atom stereocenters. The normalized spacial score (nSPS) is 13.4. The summed E-state index contributed by atoms with van der Waals surface area (Å²) in [6.07, 6.45) is -4.71. The SMILES string of the molecule is CCNC(c1ccc(F)c(C(F)(F)F)c1)c1cscn1. The molecule has 0 aliphatic rings. The summed E-state index contributed by atoms with van der Waals surface area (Å²) >= 11 is 1.35. The molecule has 1 heterocycles. The van der Waals surface area contributed by atoms with E-state index in [-0.39, 0.29) is 0 Å². The molecule has 0 amide bonds. The summed E-state index contributed by atoms with van der Waals surface area (Å²) in [4.78, 5) is 4.11. The summed E-state index contributed by atoms with van der Waals surface area (Å²) < 4.78 is 51.5. The lowest BCUT2D eigenvalue weighted by Crippen LogP contribution is -2.23. The van der Waals surface area contributed by atoms with Crippen molar-refractivity contribution in [1.82, 2.24) is 10.3 Å². The molecule has 1 aromatic carbocycles. The highest BCUT2D eigenvalue weighted by molar-refractivity contribution is 7.07. The van der Waals surface area contributed by atoms with Crippen LogP contribution < -0.4 is 5.32 Å². The first-order valence-electron chi connectivity index (χ1n) is 5.91. The third kappa shape index (κ3) is 3.16. The number of hydrogen-bond donors (Lipinski definition) is 1. The Balaban J connectivity index is 2.45. The third-order valence-electron chi connectivity index (χ3n) is 2.78. The Morgan fingerprint density at radius 3 is 2.65 bits per heavy atom. The maximum Gasteiger partial charge on any atom is 0.419 e. The molecule has 108 valence electrons. The van der Waals surface area contributed by atoms with Crippen molar-refractivity contribution in [3.05, 3.63) is 51.7 Å². The number of halogens is 4. The highest BCUT2D eigenvalue weighted by atomic mass is 32.1. The number of thiazole rings is 1. The van der Waals surface area contributed by atoms with Crippen LogP contribution in [0, 0.1) is 5.82 Å². The molecule has 0 saturated heterocycles. The van der Waals surface area contributed by atoms with Gasteiger partial charge >= 0.3 is 6.18 Å². The van der Waals surface area contributed by atoms with Gasteiger partial charge in [-0.25, -0.2) is 9.37 Å². The van der Waals surface area contributed by atoms with Crippen molar-refractivity contribution in [2.45, 2.75) is 19.1 Å². The second-order valence-corrected chi connectivity index (χ2v) is 4.86. The minimum atomic E-state index is -4.71. The van der Waals surface area contributed by atoms with E-state index < -0.39 is 23.6 Å². The predicted molar refractivity (Wildman–Crippen MR) is 69.0 cm³/mol. The quantitative estimate of drug-likeness (QED) is 0.864. The van der Waals surface area contributed by atoms with E-state index >= 15 is 0 Å². The van der Waals surface area contributed by atoms with E-state index in [2.05, 4.69) is 10.3 Å². The van der Waals surface area contributed by atoms with Gasteiger partial charge in [-0.1, -0.05) is 13.0 Å². The van der Waals surface area contributed by atoms with Crippen molar-refractivity contribution in [2.24, 2.45) is 0 Å². The minimum absolute atomic E-state index is 0.339. The van der Waals surface area contributed by atoms with Gasteiger partial charge in [0.1, 0.15) is 5.82 Å². The molecular formula is C13H12F4N2S. The predicted octanol–water partition coefficient (Wildman–Crippen LogP) is 4.00. The van der Waals surface area contributed by atoms with Crippen LogP contribution in [0.4, 0.5) is 17.6 Å². The average molecular weight is 304 g/mol. The Morgan fingerprint density at radius 2 is 2.10 bits per heavy atom. The topological polar surface area (TPSA) is 24.9 Å². The van der Waals surface area contributed by atoms with E-state index in [1.54, 1.807) is 10.9 Å². The maximum absolute atomic E-state index is 13.3. The van der Waals surface area contributed by atoms with E-state index in [0.29, 0.717) is 17.8 Å². The molecule has 1 aromatic heterocycles. The van der Waals surface area contributed by atoms with Gasteiger partial charge in [0.15, 0.2) is 0 Å². The zero-order chi connectivity index (χ0) is 14.8. The number of benzene rings is 1. The van der Waals surface area contributed by atoms with Crippen LogP contribution in [-0.4, -0.2) is 11.5 Å². The van der Waals surface area contributed by atoms with Crippen LogP contribution in [-0.2, 0) is 6.18 Å². The van der Waals surface area contributed by atoms with Crippen molar-refractivity contribution < 1.29 is 17.6 Å². The lowest BCUT2D eigenvalue weighted by atomic mass is 10.0. The second kappa shape index (κ2) is 5.88. The first-order chi connectivity index (χ1) is 9.43. The first-order valence-corrected chi connectivity index (χ1v) is 6.86. The number of hydrogen-bond acceptors (Lipinski definition) is 3. The Labute approximate surface area is 117 Å². The van der Waals surface area contributed by atoms with Crippen LogP contribution in [0.1, 0.15) is 29.8 Å². The molecule has 7 heteroatoms. The van der Waals surface area contributed by atoms with Crippen LogP contribution in [0.3, 0.4) is 0 Å². The largest absolute Gasteiger partial charge is 0.419 e. The van der Waals surface area contributed by atoms with Gasteiger partial charge in [-0.3, -0.25) is 0 Å². The molecule has 1 atom stereocenters. The van der Waals surface area contributed by atoms with Crippen LogP contribution in [0.25, 0.3) is 0 Å². The van der Waals surface area contributed by atoms with Crippen molar-refractivity contribution >= 4 is 11.3 Å². The number of alkyl halides is 3. The maximum atomic E-state index is 13.3. The molecule has 2 rings (SSSR count). The zero-order valence-corrected chi connectivity index (χ0v) is 11.4. The first kappa shape index (κ1) is 14.9. The summed E-state index contributed by atoms with van der Waals surface area (Å²) in [7, 11) is 0. The van der Waals surface area contributed by atoms with Crippen molar-refractivity contribution in [3.63, 3.8) is 0 Å². The van der Waals surface area contributed by atoms with Gasteiger partial charge in [0.05, 0.1) is 22.8 Å². The number of rotatable bonds is 4. The summed E-state index contributed by atoms with van der Waals surface area (Å²) in [5.41, 5.74) is 1.31. The van der Waals surface area contributed by atoms with Gasteiger partial charge < -0.3 is 5.32 Å². The van der Waals surface area contributed by atoms with Gasteiger partial charge in [0, 0.05) is 5.38 Å². The smallest absolute Gasteiger partial charge is 0.305 e. The molecule has 20 heavy (non-hydrogen) atoms. The van der Waals surface area contributed by atoms with Crippen molar-refractivity contribution in [1.29, 1.82) is 0 Å². The van der Waals surface area contributed by atoms with E-state index in [1.807, 2.05) is 6.92 Å². The van der Waals surface area contributed by atoms with Gasteiger partial charge in [0.2, 0.25) is 0 Å². The summed E-state index contributed by atoms with van der Waals surface area (Å²) in [6, 6.07) is 2.54. The molecule has 0 radical (unpaired) electrons. The van der Waals surface area contributed by atoms with Gasteiger partial charge in [0.25, 0.3) is 0 Å². The number of nitrogens with zero attached hydrogens (tertiary/aromatic N) is 1. The molecule has 2 nitrogen and oxygen atoms in total. The Bertz CT molecular complexity index is 566. The Kier molecular flexibility index (Phi) is 4.39. The van der Waals surface area contributed by atoms with E-state index in [1.165, 1.54) is 17.4 Å². The molecule has 0 aliphatic heterocycles.